The van der Waals surface area contributed by atoms with Crippen LogP contribution in [0.3, 0.4) is 0 Å². The summed E-state index contributed by atoms with van der Waals surface area (Å²) in [6.07, 6.45) is 2.14. The van der Waals surface area contributed by atoms with Gasteiger partial charge in [-0.25, -0.2) is 4.79 Å². The molecule has 1 saturated carbocycles. The van der Waals surface area contributed by atoms with Gasteiger partial charge in [-0.15, -0.1) is 0 Å². The Labute approximate surface area is 139 Å². The number of ether oxygens (including phenoxy) is 3. The van der Waals surface area contributed by atoms with Crippen LogP contribution < -0.4 is 14.8 Å². The number of amides is 1. The van der Waals surface area contributed by atoms with Crippen LogP contribution >= 0.6 is 0 Å². The fourth-order valence-electron chi connectivity index (χ4n) is 2.91. The van der Waals surface area contributed by atoms with Crippen molar-refractivity contribution in [2.75, 3.05) is 13.2 Å². The highest BCUT2D eigenvalue weighted by Gasteiger charge is 2.36. The maximum absolute atomic E-state index is 12.0. The molecule has 0 unspecified atom stereocenters. The van der Waals surface area contributed by atoms with Crippen molar-refractivity contribution in [3.8, 4) is 17.6 Å². The first-order valence-corrected chi connectivity index (χ1v) is 7.89. The molecule has 24 heavy (non-hydrogen) atoms. The van der Waals surface area contributed by atoms with Gasteiger partial charge >= 0.3 is 5.97 Å². The lowest BCUT2D eigenvalue weighted by Gasteiger charge is -2.25. The molecule has 126 valence electrons. The topological polar surface area (TPSA) is 97.7 Å². The van der Waals surface area contributed by atoms with Crippen molar-refractivity contribution in [3.05, 3.63) is 24.3 Å². The third-order valence-electron chi connectivity index (χ3n) is 4.17. The molecular formula is C17H18N2O5. The van der Waals surface area contributed by atoms with Crippen LogP contribution in [0.25, 0.3) is 0 Å². The lowest BCUT2D eigenvalue weighted by atomic mass is 10.00. The molecular weight excluding hydrogens is 312 g/mol. The van der Waals surface area contributed by atoms with Crippen molar-refractivity contribution in [1.29, 1.82) is 5.26 Å². The highest BCUT2D eigenvalue weighted by atomic mass is 16.6. The summed E-state index contributed by atoms with van der Waals surface area (Å²) in [5.41, 5.74) is -0.827. The zero-order valence-electron chi connectivity index (χ0n) is 13.1. The van der Waals surface area contributed by atoms with Gasteiger partial charge in [0.25, 0.3) is 5.91 Å². The first-order valence-electron chi connectivity index (χ1n) is 7.89. The molecule has 1 aliphatic heterocycles. The molecule has 0 bridgehead atoms. The lowest BCUT2D eigenvalue weighted by Crippen LogP contribution is -2.47. The van der Waals surface area contributed by atoms with E-state index in [1.807, 2.05) is 0 Å². The maximum Gasteiger partial charge on any atom is 0.351 e. The quantitative estimate of drug-likeness (QED) is 0.836. The molecule has 0 spiro atoms. The fraction of sp³-hybridized carbons (Fsp3) is 0.471. The van der Waals surface area contributed by atoms with Gasteiger partial charge in [0, 0.05) is 0 Å². The second-order valence-corrected chi connectivity index (χ2v) is 5.92. The molecule has 7 heteroatoms. The number of carbonyl (C=O) groups excluding carboxylic acids is 2. The number of esters is 1. The van der Waals surface area contributed by atoms with Crippen molar-refractivity contribution in [3.63, 3.8) is 0 Å². The van der Waals surface area contributed by atoms with E-state index in [2.05, 4.69) is 11.4 Å². The first-order chi connectivity index (χ1) is 11.6. The van der Waals surface area contributed by atoms with Crippen LogP contribution in [0.4, 0.5) is 0 Å². The second kappa shape index (κ2) is 6.79. The van der Waals surface area contributed by atoms with E-state index in [4.69, 9.17) is 14.2 Å². The van der Waals surface area contributed by atoms with Crippen LogP contribution in [0.15, 0.2) is 24.3 Å². The molecule has 3 rings (SSSR count). The number of hydrogen-bond acceptors (Lipinski definition) is 6. The average molecular weight is 330 g/mol. The molecule has 1 fully saturated rings. The molecule has 1 heterocycles. The van der Waals surface area contributed by atoms with Crippen LogP contribution in [0.1, 0.15) is 25.7 Å². The van der Waals surface area contributed by atoms with Gasteiger partial charge in [0.05, 0.1) is 6.07 Å². The van der Waals surface area contributed by atoms with E-state index in [1.54, 1.807) is 24.3 Å². The Hall–Kier alpha value is -2.75. The van der Waals surface area contributed by atoms with Gasteiger partial charge in [0.2, 0.25) is 6.10 Å². The van der Waals surface area contributed by atoms with Crippen molar-refractivity contribution in [2.45, 2.75) is 37.3 Å². The van der Waals surface area contributed by atoms with E-state index in [9.17, 15) is 14.9 Å². The van der Waals surface area contributed by atoms with Gasteiger partial charge in [-0.05, 0) is 37.8 Å². The van der Waals surface area contributed by atoms with Gasteiger partial charge < -0.3 is 19.5 Å². The third kappa shape index (κ3) is 3.43. The number of fused-ring (bicyclic) bond motifs is 1. The minimum Gasteiger partial charge on any atom is -0.485 e. The molecule has 1 N–H and O–H groups in total. The fourth-order valence-corrected chi connectivity index (χ4v) is 2.91. The van der Waals surface area contributed by atoms with Crippen molar-refractivity contribution < 1.29 is 23.8 Å². The molecule has 2 aliphatic rings. The number of nitriles is 1. The van der Waals surface area contributed by atoms with Crippen LogP contribution in [0.2, 0.25) is 0 Å². The van der Waals surface area contributed by atoms with E-state index >= 15 is 0 Å². The van der Waals surface area contributed by atoms with Crippen LogP contribution in [-0.2, 0) is 14.3 Å². The molecule has 0 saturated heterocycles. The molecule has 7 nitrogen and oxygen atoms in total. The molecule has 1 atom stereocenters. The minimum atomic E-state index is -0.913. The van der Waals surface area contributed by atoms with Gasteiger partial charge in [-0.2, -0.15) is 5.26 Å². The standard InChI is InChI=1S/C17H18N2O5/c18-11-17(7-3-4-8-17)19-15(20)10-23-16(21)14-9-22-12-5-1-2-6-13(12)24-14/h1-2,5-6,14H,3-4,7-10H2,(H,19,20)/t14-/m1/s1. The Balaban J connectivity index is 1.49. The summed E-state index contributed by atoms with van der Waals surface area (Å²) in [6.45, 7) is -0.413. The van der Waals surface area contributed by atoms with E-state index in [1.165, 1.54) is 0 Å². The van der Waals surface area contributed by atoms with E-state index in [0.717, 1.165) is 12.8 Å². The van der Waals surface area contributed by atoms with E-state index in [0.29, 0.717) is 24.3 Å². The SMILES string of the molecule is N#CC1(NC(=O)COC(=O)[C@H]2COc3ccccc3O2)CCCC1. The summed E-state index contributed by atoms with van der Waals surface area (Å²) in [7, 11) is 0. The number of para-hydroxylation sites is 2. The van der Waals surface area contributed by atoms with Crippen LogP contribution in [0.5, 0.6) is 11.5 Å². The summed E-state index contributed by atoms with van der Waals surface area (Å²) in [4.78, 5) is 24.0. The number of nitrogens with zero attached hydrogens (tertiary/aromatic N) is 1. The van der Waals surface area contributed by atoms with Crippen LogP contribution in [0, 0.1) is 11.3 Å². The van der Waals surface area contributed by atoms with Crippen molar-refractivity contribution in [1.82, 2.24) is 5.32 Å². The Morgan fingerprint density at radius 2 is 2.00 bits per heavy atom. The average Bonchev–Trinajstić information content (AvgIpc) is 3.08. The van der Waals surface area contributed by atoms with Gasteiger partial charge in [0.1, 0.15) is 12.1 Å². The van der Waals surface area contributed by atoms with Crippen molar-refractivity contribution >= 4 is 11.9 Å². The normalized spacial score (nSPS) is 20.7. The monoisotopic (exact) mass is 330 g/mol. The Kier molecular flexibility index (Phi) is 4.56. The summed E-state index contributed by atoms with van der Waals surface area (Å²) in [6, 6.07) is 9.16. The first kappa shape index (κ1) is 16.1. The lowest BCUT2D eigenvalue weighted by molar-refractivity contribution is -0.158. The van der Waals surface area contributed by atoms with Gasteiger partial charge in [-0.1, -0.05) is 12.1 Å². The summed E-state index contributed by atoms with van der Waals surface area (Å²) < 4.78 is 15.9. The van der Waals surface area contributed by atoms with Crippen LogP contribution in [-0.4, -0.2) is 36.7 Å². The maximum atomic E-state index is 12.0. The summed E-state index contributed by atoms with van der Waals surface area (Å²) in [5.74, 6) is -0.123. The zero-order valence-corrected chi connectivity index (χ0v) is 13.1. The summed E-state index contributed by atoms with van der Waals surface area (Å²) >= 11 is 0. The molecule has 1 amide bonds. The predicted molar refractivity (Wildman–Crippen MR) is 82.3 cm³/mol. The predicted octanol–water partition coefficient (Wildman–Crippen LogP) is 1.32. The highest BCUT2D eigenvalue weighted by molar-refractivity contribution is 5.83. The minimum absolute atomic E-state index is 0.0274. The van der Waals surface area contributed by atoms with E-state index in [-0.39, 0.29) is 6.61 Å². The molecule has 0 radical (unpaired) electrons. The van der Waals surface area contributed by atoms with Gasteiger partial charge in [0.15, 0.2) is 18.1 Å². The Morgan fingerprint density at radius 1 is 1.29 bits per heavy atom. The number of rotatable bonds is 4. The molecule has 1 aromatic carbocycles. The smallest absolute Gasteiger partial charge is 0.351 e. The Bertz CT molecular complexity index is 676. The number of hydrogen-bond donors (Lipinski definition) is 1. The van der Waals surface area contributed by atoms with E-state index < -0.39 is 30.1 Å². The number of benzene rings is 1. The Morgan fingerprint density at radius 3 is 2.71 bits per heavy atom. The number of nitrogens with one attached hydrogen (secondary N) is 1. The highest BCUT2D eigenvalue weighted by Crippen LogP contribution is 2.31. The molecule has 1 aliphatic carbocycles. The number of carbonyl (C=O) groups is 2. The summed E-state index contributed by atoms with van der Waals surface area (Å²) in [5, 5.41) is 11.9. The largest absolute Gasteiger partial charge is 0.485 e. The van der Waals surface area contributed by atoms with Gasteiger partial charge in [-0.3, -0.25) is 4.79 Å². The molecule has 0 aromatic heterocycles. The third-order valence-corrected chi connectivity index (χ3v) is 4.17. The zero-order chi connectivity index (χ0) is 17.0. The molecule has 1 aromatic rings. The van der Waals surface area contributed by atoms with Crippen molar-refractivity contribution in [2.24, 2.45) is 0 Å². The second-order valence-electron chi connectivity index (χ2n) is 5.92.